The van der Waals surface area contributed by atoms with Gasteiger partial charge in [-0.25, -0.2) is 4.98 Å². The van der Waals surface area contributed by atoms with E-state index in [9.17, 15) is 4.79 Å². The van der Waals surface area contributed by atoms with Gasteiger partial charge in [0, 0.05) is 31.9 Å². The lowest BCUT2D eigenvalue weighted by Gasteiger charge is -2.28. The second kappa shape index (κ2) is 9.35. The largest absolute Gasteiger partial charge is 0.484 e. The van der Waals surface area contributed by atoms with Gasteiger partial charge in [-0.1, -0.05) is 30.3 Å². The summed E-state index contributed by atoms with van der Waals surface area (Å²) in [5.74, 6) is 0.00549. The first kappa shape index (κ1) is 21.6. The third-order valence-corrected chi connectivity index (χ3v) is 7.04. The summed E-state index contributed by atoms with van der Waals surface area (Å²) in [7, 11) is 0. The molecule has 1 amide bonds. The van der Waals surface area contributed by atoms with Crippen molar-refractivity contribution in [2.75, 3.05) is 26.3 Å². The number of pyridine rings is 1. The molecular weight excluding hydrogens is 436 g/mol. The van der Waals surface area contributed by atoms with E-state index in [0.717, 1.165) is 54.6 Å². The van der Waals surface area contributed by atoms with Crippen molar-refractivity contribution in [2.45, 2.75) is 19.6 Å². The van der Waals surface area contributed by atoms with Gasteiger partial charge in [0.05, 0.1) is 30.0 Å². The minimum absolute atomic E-state index is 0.245. The number of fused-ring (bicyclic) bond motifs is 1. The molecule has 1 atom stereocenters. The number of rotatable bonds is 7. The molecule has 3 aromatic heterocycles. The highest BCUT2D eigenvalue weighted by Crippen LogP contribution is 2.38. The maximum Gasteiger partial charge on any atom is 0.262 e. The molecule has 7 nitrogen and oxygen atoms in total. The number of hydrogen-bond donors (Lipinski definition) is 1. The minimum Gasteiger partial charge on any atom is -0.484 e. The molecule has 0 unspecified atom stereocenters. The number of carbonyl (C=O) groups excluding carboxylic acids is 1. The summed E-state index contributed by atoms with van der Waals surface area (Å²) in [6, 6.07) is 16.0. The van der Waals surface area contributed by atoms with Crippen LogP contribution in [-0.4, -0.2) is 46.5 Å². The number of thiophene rings is 1. The fourth-order valence-electron chi connectivity index (χ4n) is 4.20. The molecule has 0 spiro atoms. The van der Waals surface area contributed by atoms with E-state index in [1.165, 1.54) is 16.9 Å². The Morgan fingerprint density at radius 2 is 2.00 bits per heavy atom. The van der Waals surface area contributed by atoms with Gasteiger partial charge in [-0.05, 0) is 30.2 Å². The van der Waals surface area contributed by atoms with Crippen LogP contribution in [-0.2, 0) is 11.3 Å². The predicted octanol–water partition coefficient (Wildman–Crippen LogP) is 4.13. The Hall–Kier alpha value is -3.20. The van der Waals surface area contributed by atoms with Gasteiger partial charge in [-0.3, -0.25) is 14.1 Å². The van der Waals surface area contributed by atoms with Crippen LogP contribution in [0.5, 0.6) is 5.75 Å². The first-order valence-electron chi connectivity index (χ1n) is 11.0. The Kier molecular flexibility index (Phi) is 6.13. The summed E-state index contributed by atoms with van der Waals surface area (Å²) in [5, 5.41) is 0. The third kappa shape index (κ3) is 4.50. The summed E-state index contributed by atoms with van der Waals surface area (Å²) in [6.07, 6.45) is 3.51. The van der Waals surface area contributed by atoms with Crippen LogP contribution in [0.2, 0.25) is 0 Å². The molecule has 0 radical (unpaired) electrons. The molecule has 4 aromatic rings. The molecule has 4 heterocycles. The molecule has 0 aliphatic carbocycles. The second-order valence-corrected chi connectivity index (χ2v) is 9.14. The van der Waals surface area contributed by atoms with Crippen LogP contribution in [0.3, 0.4) is 0 Å². The highest BCUT2D eigenvalue weighted by Gasteiger charge is 2.22. The smallest absolute Gasteiger partial charge is 0.262 e. The lowest BCUT2D eigenvalue weighted by molar-refractivity contribution is 0.0338. The zero-order valence-corrected chi connectivity index (χ0v) is 19.3. The lowest BCUT2D eigenvalue weighted by atomic mass is 10.0. The van der Waals surface area contributed by atoms with Crippen LogP contribution in [0.1, 0.15) is 33.8 Å². The molecule has 0 saturated carbocycles. The Morgan fingerprint density at radius 3 is 2.82 bits per heavy atom. The number of nitrogens with two attached hydrogens (primary N) is 1. The number of primary amides is 1. The predicted molar refractivity (Wildman–Crippen MR) is 129 cm³/mol. The monoisotopic (exact) mass is 462 g/mol. The van der Waals surface area contributed by atoms with E-state index in [-0.39, 0.29) is 6.10 Å². The second-order valence-electron chi connectivity index (χ2n) is 8.09. The van der Waals surface area contributed by atoms with Gasteiger partial charge in [0.25, 0.3) is 5.91 Å². The number of aromatic nitrogens is 2. The van der Waals surface area contributed by atoms with Crippen LogP contribution >= 0.6 is 11.3 Å². The van der Waals surface area contributed by atoms with Gasteiger partial charge in [0.1, 0.15) is 22.4 Å². The van der Waals surface area contributed by atoms with Gasteiger partial charge in [0.2, 0.25) is 0 Å². The third-order valence-electron chi connectivity index (χ3n) is 5.89. The van der Waals surface area contributed by atoms with Gasteiger partial charge in [0.15, 0.2) is 0 Å². The van der Waals surface area contributed by atoms with Gasteiger partial charge >= 0.3 is 0 Å². The molecule has 1 fully saturated rings. The molecular formula is C25H26N4O3S. The van der Waals surface area contributed by atoms with Crippen molar-refractivity contribution in [1.82, 2.24) is 14.3 Å². The Labute approximate surface area is 196 Å². The van der Waals surface area contributed by atoms with Crippen molar-refractivity contribution < 1.29 is 14.3 Å². The molecule has 1 saturated heterocycles. The van der Waals surface area contributed by atoms with Crippen molar-refractivity contribution >= 4 is 22.9 Å². The van der Waals surface area contributed by atoms with Gasteiger partial charge < -0.3 is 15.2 Å². The minimum atomic E-state index is -0.496. The quantitative estimate of drug-likeness (QED) is 0.447. The maximum absolute atomic E-state index is 12.2. The number of benzene rings is 1. The molecule has 0 bridgehead atoms. The van der Waals surface area contributed by atoms with Crippen LogP contribution in [0.4, 0.5) is 0 Å². The highest BCUT2D eigenvalue weighted by molar-refractivity contribution is 7.17. The van der Waals surface area contributed by atoms with E-state index in [0.29, 0.717) is 10.6 Å². The van der Waals surface area contributed by atoms with Crippen molar-refractivity contribution in [3.05, 3.63) is 76.9 Å². The average molecular weight is 463 g/mol. The fraction of sp³-hybridized carbons (Fsp3) is 0.280. The number of carbonyl (C=O) groups is 1. The summed E-state index contributed by atoms with van der Waals surface area (Å²) in [6.45, 7) is 6.21. The number of morpholine rings is 1. The van der Waals surface area contributed by atoms with E-state index in [1.807, 2.05) is 53.9 Å². The number of ether oxygens (including phenoxy) is 2. The first-order valence-corrected chi connectivity index (χ1v) is 11.8. The van der Waals surface area contributed by atoms with Crippen LogP contribution < -0.4 is 10.5 Å². The van der Waals surface area contributed by atoms with E-state index in [1.54, 1.807) is 6.20 Å². The molecule has 5 rings (SSSR count). The molecule has 33 heavy (non-hydrogen) atoms. The SMILES string of the molecule is C[C@@H](Oc1cc(-c2cnc3ccccn23)sc1C(N)=O)c1ccccc1CN1CCOCC1. The fourth-order valence-corrected chi connectivity index (χ4v) is 5.15. The standard InChI is InChI=1S/C25H26N4O3S/c1-17(19-7-3-2-6-18(19)16-28-10-12-31-13-11-28)32-21-14-22(33-24(21)25(26)30)20-15-27-23-8-4-5-9-29(20)23/h2-9,14-15,17H,10-13,16H2,1H3,(H2,26,30)/t17-/m1/s1. The Balaban J connectivity index is 1.43. The van der Waals surface area contributed by atoms with Crippen LogP contribution in [0.15, 0.2) is 60.9 Å². The summed E-state index contributed by atoms with van der Waals surface area (Å²) >= 11 is 1.33. The molecule has 1 aliphatic heterocycles. The molecule has 170 valence electrons. The Morgan fingerprint density at radius 1 is 1.21 bits per heavy atom. The van der Waals surface area contributed by atoms with Crippen molar-refractivity contribution in [3.8, 4) is 16.3 Å². The summed E-state index contributed by atoms with van der Waals surface area (Å²) in [5.41, 5.74) is 9.76. The van der Waals surface area contributed by atoms with Crippen LogP contribution in [0, 0.1) is 0 Å². The van der Waals surface area contributed by atoms with E-state index in [2.05, 4.69) is 22.0 Å². The number of amides is 1. The zero-order valence-electron chi connectivity index (χ0n) is 18.4. The number of hydrogen-bond acceptors (Lipinski definition) is 6. The molecule has 8 heteroatoms. The van der Waals surface area contributed by atoms with Crippen molar-refractivity contribution in [1.29, 1.82) is 0 Å². The van der Waals surface area contributed by atoms with Crippen LogP contribution in [0.25, 0.3) is 16.2 Å². The zero-order chi connectivity index (χ0) is 22.8. The number of nitrogens with zero attached hydrogens (tertiary/aromatic N) is 3. The lowest BCUT2D eigenvalue weighted by Crippen LogP contribution is -2.36. The maximum atomic E-state index is 12.2. The molecule has 2 N–H and O–H groups in total. The normalized spacial score (nSPS) is 15.5. The van der Waals surface area contributed by atoms with Crippen molar-refractivity contribution in [2.24, 2.45) is 5.73 Å². The average Bonchev–Trinajstić information content (AvgIpc) is 3.44. The van der Waals surface area contributed by atoms with Gasteiger partial charge in [-0.2, -0.15) is 0 Å². The van der Waals surface area contributed by atoms with Crippen molar-refractivity contribution in [3.63, 3.8) is 0 Å². The summed E-state index contributed by atoms with van der Waals surface area (Å²) in [4.78, 5) is 20.4. The summed E-state index contributed by atoms with van der Waals surface area (Å²) < 4.78 is 13.8. The van der Waals surface area contributed by atoms with E-state index >= 15 is 0 Å². The van der Waals surface area contributed by atoms with Gasteiger partial charge in [-0.15, -0.1) is 11.3 Å². The Bertz CT molecular complexity index is 1280. The van der Waals surface area contributed by atoms with E-state index in [4.69, 9.17) is 15.2 Å². The number of imidazole rings is 1. The molecule has 1 aromatic carbocycles. The topological polar surface area (TPSA) is 82.1 Å². The van der Waals surface area contributed by atoms with E-state index < -0.39 is 5.91 Å². The highest BCUT2D eigenvalue weighted by atomic mass is 32.1. The first-order chi connectivity index (χ1) is 16.1. The molecule has 1 aliphatic rings.